The van der Waals surface area contributed by atoms with Gasteiger partial charge in [0.1, 0.15) is 11.4 Å². The summed E-state index contributed by atoms with van der Waals surface area (Å²) in [5, 5.41) is 7.24. The largest absolute Gasteiger partial charge is 0.494 e. The Bertz CT molecular complexity index is 973. The van der Waals surface area contributed by atoms with Gasteiger partial charge < -0.3 is 14.5 Å². The number of anilines is 1. The summed E-state index contributed by atoms with van der Waals surface area (Å²) in [7, 11) is 0. The van der Waals surface area contributed by atoms with Crippen molar-refractivity contribution in [2.45, 2.75) is 13.8 Å². The fourth-order valence-electron chi connectivity index (χ4n) is 3.71. The molecule has 6 nitrogen and oxygen atoms in total. The average Bonchev–Trinajstić information content (AvgIpc) is 3.25. The molecule has 0 aliphatic carbocycles. The summed E-state index contributed by atoms with van der Waals surface area (Å²) >= 11 is 0. The standard InChI is InChI=1S/C23H26N4O2/c1-3-29-19-10-8-18(9-11-19)20-16-21(25-24-20)23(28)27-14-12-26(13-15-27)22-7-5-4-6-17(22)2/h4-11,16H,3,12-15H2,1-2H3,(H,24,25). The number of nitrogens with one attached hydrogen (secondary N) is 1. The van der Waals surface area contributed by atoms with Crippen LogP contribution >= 0.6 is 0 Å². The number of aryl methyl sites for hydroxylation is 1. The summed E-state index contributed by atoms with van der Waals surface area (Å²) in [5.41, 5.74) is 4.75. The normalized spacial score (nSPS) is 14.1. The highest BCUT2D eigenvalue weighted by atomic mass is 16.5. The van der Waals surface area contributed by atoms with Crippen molar-refractivity contribution in [3.63, 3.8) is 0 Å². The van der Waals surface area contributed by atoms with E-state index in [4.69, 9.17) is 4.74 Å². The third kappa shape index (κ3) is 4.11. The monoisotopic (exact) mass is 390 g/mol. The van der Waals surface area contributed by atoms with Gasteiger partial charge in [0.2, 0.25) is 0 Å². The van der Waals surface area contributed by atoms with Crippen LogP contribution in [0.5, 0.6) is 5.75 Å². The molecule has 2 aromatic carbocycles. The molecule has 1 saturated heterocycles. The van der Waals surface area contributed by atoms with Gasteiger partial charge in [-0.05, 0) is 55.8 Å². The fraction of sp³-hybridized carbons (Fsp3) is 0.304. The first kappa shape index (κ1) is 19.1. The lowest BCUT2D eigenvalue weighted by molar-refractivity contribution is 0.0741. The first-order valence-electron chi connectivity index (χ1n) is 10.0. The summed E-state index contributed by atoms with van der Waals surface area (Å²) in [4.78, 5) is 17.1. The average molecular weight is 390 g/mol. The molecule has 0 spiro atoms. The van der Waals surface area contributed by atoms with Crippen molar-refractivity contribution in [1.82, 2.24) is 15.1 Å². The molecule has 1 fully saturated rings. The number of amides is 1. The molecular formula is C23H26N4O2. The molecule has 6 heteroatoms. The van der Waals surface area contributed by atoms with Crippen LogP contribution in [0.1, 0.15) is 23.0 Å². The number of nitrogens with zero attached hydrogens (tertiary/aromatic N) is 3. The van der Waals surface area contributed by atoms with E-state index < -0.39 is 0 Å². The fourth-order valence-corrected chi connectivity index (χ4v) is 3.71. The van der Waals surface area contributed by atoms with Gasteiger partial charge >= 0.3 is 0 Å². The minimum Gasteiger partial charge on any atom is -0.494 e. The molecule has 0 atom stereocenters. The number of carbonyl (C=O) groups is 1. The van der Waals surface area contributed by atoms with Gasteiger partial charge in [-0.15, -0.1) is 0 Å². The number of hydrogen-bond acceptors (Lipinski definition) is 4. The van der Waals surface area contributed by atoms with E-state index in [0.29, 0.717) is 25.4 Å². The molecule has 3 aromatic rings. The van der Waals surface area contributed by atoms with Gasteiger partial charge in [0.15, 0.2) is 0 Å². The third-order valence-corrected chi connectivity index (χ3v) is 5.29. The number of carbonyl (C=O) groups excluding carboxylic acids is 1. The Balaban J connectivity index is 1.40. The topological polar surface area (TPSA) is 61.5 Å². The van der Waals surface area contributed by atoms with Crippen LogP contribution in [0.25, 0.3) is 11.3 Å². The Kier molecular flexibility index (Phi) is 5.51. The quantitative estimate of drug-likeness (QED) is 0.721. The Hall–Kier alpha value is -3.28. The molecule has 1 aromatic heterocycles. The zero-order chi connectivity index (χ0) is 20.2. The van der Waals surface area contributed by atoms with Crippen molar-refractivity contribution in [3.8, 4) is 17.0 Å². The summed E-state index contributed by atoms with van der Waals surface area (Å²) in [6.45, 7) is 7.78. The molecule has 0 unspecified atom stereocenters. The number of benzene rings is 2. The minimum absolute atomic E-state index is 0.000815. The van der Waals surface area contributed by atoms with Crippen molar-refractivity contribution in [3.05, 3.63) is 65.9 Å². The van der Waals surface area contributed by atoms with Crippen LogP contribution in [0.4, 0.5) is 5.69 Å². The summed E-state index contributed by atoms with van der Waals surface area (Å²) in [6.07, 6.45) is 0. The smallest absolute Gasteiger partial charge is 0.272 e. The van der Waals surface area contributed by atoms with Crippen LogP contribution < -0.4 is 9.64 Å². The van der Waals surface area contributed by atoms with Gasteiger partial charge in [0.05, 0.1) is 12.3 Å². The molecule has 1 aliphatic heterocycles. The van der Waals surface area contributed by atoms with Gasteiger partial charge in [-0.25, -0.2) is 0 Å². The Labute approximate surface area is 171 Å². The lowest BCUT2D eigenvalue weighted by Crippen LogP contribution is -2.49. The number of piperazine rings is 1. The molecular weight excluding hydrogens is 364 g/mol. The number of hydrogen-bond donors (Lipinski definition) is 1. The molecule has 150 valence electrons. The number of para-hydroxylation sites is 1. The second kappa shape index (κ2) is 8.39. The first-order chi connectivity index (χ1) is 14.2. The summed E-state index contributed by atoms with van der Waals surface area (Å²) in [6, 6.07) is 18.0. The number of aromatic amines is 1. The molecule has 1 aliphatic rings. The Morgan fingerprint density at radius 3 is 2.48 bits per heavy atom. The molecule has 2 heterocycles. The Morgan fingerprint density at radius 2 is 1.79 bits per heavy atom. The van der Waals surface area contributed by atoms with Crippen LogP contribution in [0.15, 0.2) is 54.6 Å². The van der Waals surface area contributed by atoms with Crippen LogP contribution in [0.2, 0.25) is 0 Å². The minimum atomic E-state index is -0.000815. The van der Waals surface area contributed by atoms with Crippen LogP contribution in [0, 0.1) is 6.92 Å². The molecule has 1 N–H and O–H groups in total. The molecule has 0 saturated carbocycles. The lowest BCUT2D eigenvalue weighted by atomic mass is 10.1. The van der Waals surface area contributed by atoms with Crippen LogP contribution in [-0.4, -0.2) is 53.8 Å². The highest BCUT2D eigenvalue weighted by molar-refractivity contribution is 5.93. The van der Waals surface area contributed by atoms with Crippen LogP contribution in [0.3, 0.4) is 0 Å². The maximum atomic E-state index is 12.9. The van der Waals surface area contributed by atoms with E-state index >= 15 is 0 Å². The van der Waals surface area contributed by atoms with E-state index in [9.17, 15) is 4.79 Å². The highest BCUT2D eigenvalue weighted by Gasteiger charge is 2.24. The van der Waals surface area contributed by atoms with Gasteiger partial charge in [0.25, 0.3) is 5.91 Å². The van der Waals surface area contributed by atoms with E-state index in [1.807, 2.05) is 42.2 Å². The number of H-pyrrole nitrogens is 1. The van der Waals surface area contributed by atoms with Crippen molar-refractivity contribution >= 4 is 11.6 Å². The number of ether oxygens (including phenoxy) is 1. The van der Waals surface area contributed by atoms with Crippen molar-refractivity contribution in [1.29, 1.82) is 0 Å². The maximum absolute atomic E-state index is 12.9. The van der Waals surface area contributed by atoms with Gasteiger partial charge in [0, 0.05) is 37.4 Å². The second-order valence-electron chi connectivity index (χ2n) is 7.19. The third-order valence-electron chi connectivity index (χ3n) is 5.29. The van der Waals surface area contributed by atoms with Gasteiger partial charge in [-0.3, -0.25) is 9.89 Å². The van der Waals surface area contributed by atoms with Crippen molar-refractivity contribution in [2.24, 2.45) is 0 Å². The zero-order valence-electron chi connectivity index (χ0n) is 16.9. The van der Waals surface area contributed by atoms with Gasteiger partial charge in [-0.2, -0.15) is 5.10 Å². The molecule has 4 rings (SSSR count). The predicted molar refractivity (Wildman–Crippen MR) is 114 cm³/mol. The number of aromatic nitrogens is 2. The number of rotatable bonds is 5. The molecule has 0 radical (unpaired) electrons. The van der Waals surface area contributed by atoms with E-state index in [0.717, 1.165) is 30.1 Å². The highest BCUT2D eigenvalue weighted by Crippen LogP contribution is 2.23. The lowest BCUT2D eigenvalue weighted by Gasteiger charge is -2.36. The SMILES string of the molecule is CCOc1ccc(-c2cc(C(=O)N3CCN(c4ccccc4C)CC3)[nH]n2)cc1. The molecule has 0 bridgehead atoms. The van der Waals surface area contributed by atoms with Crippen LogP contribution in [-0.2, 0) is 0 Å². The predicted octanol–water partition coefficient (Wildman–Crippen LogP) is 3.75. The van der Waals surface area contributed by atoms with Crippen molar-refractivity contribution < 1.29 is 9.53 Å². The molecule has 29 heavy (non-hydrogen) atoms. The van der Waals surface area contributed by atoms with E-state index in [1.54, 1.807) is 0 Å². The van der Waals surface area contributed by atoms with E-state index in [1.165, 1.54) is 11.3 Å². The summed E-state index contributed by atoms with van der Waals surface area (Å²) in [5.74, 6) is 0.828. The zero-order valence-corrected chi connectivity index (χ0v) is 16.9. The van der Waals surface area contributed by atoms with Gasteiger partial charge in [-0.1, -0.05) is 18.2 Å². The first-order valence-corrected chi connectivity index (χ1v) is 10.0. The Morgan fingerprint density at radius 1 is 1.07 bits per heavy atom. The maximum Gasteiger partial charge on any atom is 0.272 e. The summed E-state index contributed by atoms with van der Waals surface area (Å²) < 4.78 is 5.47. The second-order valence-corrected chi connectivity index (χ2v) is 7.19. The van der Waals surface area contributed by atoms with Crippen molar-refractivity contribution in [2.75, 3.05) is 37.7 Å². The van der Waals surface area contributed by atoms with E-state index in [-0.39, 0.29) is 5.91 Å². The van der Waals surface area contributed by atoms with E-state index in [2.05, 4.69) is 46.3 Å². The molecule has 1 amide bonds.